The van der Waals surface area contributed by atoms with Crippen molar-refractivity contribution < 1.29 is 13.2 Å². The molecule has 1 aliphatic heterocycles. The molecule has 1 fully saturated rings. The van der Waals surface area contributed by atoms with Crippen LogP contribution >= 0.6 is 15.9 Å². The van der Waals surface area contributed by atoms with Crippen LogP contribution in [0, 0.1) is 0 Å². The van der Waals surface area contributed by atoms with Gasteiger partial charge >= 0.3 is 0 Å². The Labute approximate surface area is 127 Å². The number of amides is 1. The van der Waals surface area contributed by atoms with Gasteiger partial charge in [-0.1, -0.05) is 22.5 Å². The van der Waals surface area contributed by atoms with Gasteiger partial charge in [-0.3, -0.25) is 4.79 Å². The average Bonchev–Trinajstić information content (AvgIpc) is 2.47. The van der Waals surface area contributed by atoms with Crippen LogP contribution in [0.3, 0.4) is 0 Å². The number of piperidine rings is 1. The lowest BCUT2D eigenvalue weighted by atomic mass is 10.1. The summed E-state index contributed by atoms with van der Waals surface area (Å²) in [5.41, 5.74) is 0. The average molecular weight is 358 g/mol. The van der Waals surface area contributed by atoms with Crippen molar-refractivity contribution >= 4 is 31.7 Å². The van der Waals surface area contributed by atoms with Crippen LogP contribution in [0.15, 0.2) is 46.3 Å². The van der Waals surface area contributed by atoms with E-state index in [2.05, 4.69) is 22.5 Å². The molecule has 0 atom stereocenters. The molecular weight excluding hydrogens is 342 g/mol. The molecule has 0 radical (unpaired) electrons. The standard InChI is InChI=1S/C14H16BrNO3S/c1-2-14(17)16-9-7-13(8-10-16)20(18,19)12-5-3-11(15)4-6-12/h2-6,13H,1,7-10H2. The highest BCUT2D eigenvalue weighted by atomic mass is 79.9. The molecule has 1 heterocycles. The first kappa shape index (κ1) is 15.3. The monoisotopic (exact) mass is 357 g/mol. The third kappa shape index (κ3) is 3.12. The van der Waals surface area contributed by atoms with Crippen molar-refractivity contribution in [1.82, 2.24) is 4.90 Å². The molecule has 108 valence electrons. The van der Waals surface area contributed by atoms with Gasteiger partial charge in [0.1, 0.15) is 0 Å². The fourth-order valence-electron chi connectivity index (χ4n) is 2.33. The van der Waals surface area contributed by atoms with E-state index < -0.39 is 15.1 Å². The molecular formula is C14H16BrNO3S. The molecule has 0 bridgehead atoms. The van der Waals surface area contributed by atoms with Gasteiger partial charge in [-0.05, 0) is 43.2 Å². The van der Waals surface area contributed by atoms with Crippen LogP contribution in [0.4, 0.5) is 0 Å². The zero-order valence-corrected chi connectivity index (χ0v) is 13.4. The number of hydrogen-bond donors (Lipinski definition) is 0. The third-order valence-corrected chi connectivity index (χ3v) is 6.32. The highest BCUT2D eigenvalue weighted by Crippen LogP contribution is 2.25. The molecule has 2 rings (SSSR count). The Bertz CT molecular complexity index is 602. The van der Waals surface area contributed by atoms with Crippen molar-refractivity contribution in [2.24, 2.45) is 0 Å². The van der Waals surface area contributed by atoms with E-state index >= 15 is 0 Å². The first-order valence-electron chi connectivity index (χ1n) is 6.36. The Morgan fingerprint density at radius 2 is 1.80 bits per heavy atom. The number of benzene rings is 1. The maximum atomic E-state index is 12.5. The zero-order valence-electron chi connectivity index (χ0n) is 11.0. The molecule has 0 spiro atoms. The lowest BCUT2D eigenvalue weighted by molar-refractivity contribution is -0.126. The van der Waals surface area contributed by atoms with Crippen molar-refractivity contribution in [1.29, 1.82) is 0 Å². The molecule has 0 saturated carbocycles. The summed E-state index contributed by atoms with van der Waals surface area (Å²) in [4.78, 5) is 13.5. The number of carbonyl (C=O) groups is 1. The van der Waals surface area contributed by atoms with Crippen LogP contribution in [-0.4, -0.2) is 37.6 Å². The van der Waals surface area contributed by atoms with E-state index in [4.69, 9.17) is 0 Å². The molecule has 1 aromatic carbocycles. The summed E-state index contributed by atoms with van der Waals surface area (Å²) in [5.74, 6) is -0.135. The van der Waals surface area contributed by atoms with Crippen molar-refractivity contribution in [3.63, 3.8) is 0 Å². The number of nitrogens with zero attached hydrogens (tertiary/aromatic N) is 1. The van der Waals surface area contributed by atoms with Crippen molar-refractivity contribution in [2.45, 2.75) is 23.0 Å². The first-order valence-corrected chi connectivity index (χ1v) is 8.70. The summed E-state index contributed by atoms with van der Waals surface area (Å²) in [7, 11) is -3.32. The van der Waals surface area contributed by atoms with E-state index in [0.29, 0.717) is 30.8 Å². The summed E-state index contributed by atoms with van der Waals surface area (Å²) in [6.45, 7) is 4.37. The molecule has 4 nitrogen and oxygen atoms in total. The van der Waals surface area contributed by atoms with Crippen molar-refractivity contribution in [3.05, 3.63) is 41.4 Å². The van der Waals surface area contributed by atoms with Crippen molar-refractivity contribution in [2.75, 3.05) is 13.1 Å². The van der Waals surface area contributed by atoms with Crippen LogP contribution in [-0.2, 0) is 14.6 Å². The second-order valence-electron chi connectivity index (χ2n) is 4.73. The van der Waals surface area contributed by atoms with E-state index in [1.165, 1.54) is 6.08 Å². The fraction of sp³-hybridized carbons (Fsp3) is 0.357. The Balaban J connectivity index is 2.11. The van der Waals surface area contributed by atoms with Crippen LogP contribution in [0.5, 0.6) is 0 Å². The van der Waals surface area contributed by atoms with Crippen LogP contribution in [0.25, 0.3) is 0 Å². The molecule has 0 aromatic heterocycles. The predicted molar refractivity (Wildman–Crippen MR) is 81.1 cm³/mol. The van der Waals surface area contributed by atoms with E-state index in [1.54, 1.807) is 29.2 Å². The lowest BCUT2D eigenvalue weighted by Gasteiger charge is -2.31. The predicted octanol–water partition coefficient (Wildman–Crippen LogP) is 2.40. The summed E-state index contributed by atoms with van der Waals surface area (Å²) in [6.07, 6.45) is 2.21. The van der Waals surface area contributed by atoms with Crippen LogP contribution in [0.1, 0.15) is 12.8 Å². The van der Waals surface area contributed by atoms with Gasteiger partial charge < -0.3 is 4.90 Å². The zero-order chi connectivity index (χ0) is 14.8. The van der Waals surface area contributed by atoms with Gasteiger partial charge in [-0.25, -0.2) is 8.42 Å². The summed E-state index contributed by atoms with van der Waals surface area (Å²) in [5, 5.41) is -0.419. The number of hydrogen-bond acceptors (Lipinski definition) is 3. The third-order valence-electron chi connectivity index (χ3n) is 3.51. The topological polar surface area (TPSA) is 54.5 Å². The largest absolute Gasteiger partial charge is 0.339 e. The van der Waals surface area contributed by atoms with Gasteiger partial charge in [0.15, 0.2) is 9.84 Å². The Kier molecular flexibility index (Phi) is 4.65. The second-order valence-corrected chi connectivity index (χ2v) is 7.87. The molecule has 6 heteroatoms. The van der Waals surface area contributed by atoms with Gasteiger partial charge in [0.2, 0.25) is 5.91 Å². The summed E-state index contributed by atoms with van der Waals surface area (Å²) in [6, 6.07) is 6.67. The van der Waals surface area contributed by atoms with Gasteiger partial charge in [0.05, 0.1) is 10.1 Å². The van der Waals surface area contributed by atoms with E-state index in [1.807, 2.05) is 0 Å². The minimum atomic E-state index is -3.32. The van der Waals surface area contributed by atoms with Crippen molar-refractivity contribution in [3.8, 4) is 0 Å². The minimum Gasteiger partial charge on any atom is -0.339 e. The number of halogens is 1. The quantitative estimate of drug-likeness (QED) is 0.780. The molecule has 1 aromatic rings. The normalized spacial score (nSPS) is 16.9. The minimum absolute atomic E-state index is 0.135. The smallest absolute Gasteiger partial charge is 0.245 e. The summed E-state index contributed by atoms with van der Waals surface area (Å²) >= 11 is 3.29. The number of likely N-dealkylation sites (tertiary alicyclic amines) is 1. The molecule has 1 amide bonds. The maximum absolute atomic E-state index is 12.5. The fourth-order valence-corrected chi connectivity index (χ4v) is 4.33. The van der Waals surface area contributed by atoms with Gasteiger partial charge in [0.25, 0.3) is 0 Å². The summed E-state index contributed by atoms with van der Waals surface area (Å²) < 4.78 is 25.9. The first-order chi connectivity index (χ1) is 9.45. The number of rotatable bonds is 3. The number of sulfone groups is 1. The van der Waals surface area contributed by atoms with Crippen LogP contribution < -0.4 is 0 Å². The van der Waals surface area contributed by atoms with Gasteiger partial charge in [-0.15, -0.1) is 0 Å². The highest BCUT2D eigenvalue weighted by molar-refractivity contribution is 9.10. The second kappa shape index (κ2) is 6.10. The molecule has 1 aliphatic rings. The SMILES string of the molecule is C=CC(=O)N1CCC(S(=O)(=O)c2ccc(Br)cc2)CC1. The molecule has 20 heavy (non-hydrogen) atoms. The lowest BCUT2D eigenvalue weighted by Crippen LogP contribution is -2.41. The Hall–Kier alpha value is -1.14. The van der Waals surface area contributed by atoms with E-state index in [0.717, 1.165) is 4.47 Å². The van der Waals surface area contributed by atoms with Crippen LogP contribution in [0.2, 0.25) is 0 Å². The van der Waals surface area contributed by atoms with Gasteiger partial charge in [0, 0.05) is 17.6 Å². The van der Waals surface area contributed by atoms with E-state index in [9.17, 15) is 13.2 Å². The molecule has 0 aliphatic carbocycles. The Morgan fingerprint density at radius 3 is 2.30 bits per heavy atom. The van der Waals surface area contributed by atoms with E-state index in [-0.39, 0.29) is 5.91 Å². The Morgan fingerprint density at radius 1 is 1.25 bits per heavy atom. The van der Waals surface area contributed by atoms with Gasteiger partial charge in [-0.2, -0.15) is 0 Å². The molecule has 0 unspecified atom stereocenters. The number of carbonyl (C=O) groups excluding carboxylic acids is 1. The highest BCUT2D eigenvalue weighted by Gasteiger charge is 2.32. The molecule has 1 saturated heterocycles. The maximum Gasteiger partial charge on any atom is 0.245 e. The molecule has 0 N–H and O–H groups in total.